The zero-order valence-corrected chi connectivity index (χ0v) is 18.8. The lowest BCUT2D eigenvalue weighted by Gasteiger charge is -2.38. The van der Waals surface area contributed by atoms with Gasteiger partial charge in [-0.2, -0.15) is 4.36 Å². The molecule has 4 nitrogen and oxygen atoms in total. The lowest BCUT2D eigenvalue weighted by molar-refractivity contribution is 0.667. The molecule has 0 aliphatic carbocycles. The minimum absolute atomic E-state index is 0.0378. The van der Waals surface area contributed by atoms with Crippen LogP contribution in [0, 0.1) is 6.92 Å². The summed E-state index contributed by atoms with van der Waals surface area (Å²) in [5, 5.41) is 1.02. The maximum absolute atomic E-state index is 14.2. The number of aromatic amines is 1. The predicted molar refractivity (Wildman–Crippen MR) is 118 cm³/mol. The largest absolute Gasteiger partial charge is 0.359 e. The Bertz CT molecular complexity index is 1070. The van der Waals surface area contributed by atoms with Crippen LogP contribution in [0.25, 0.3) is 10.9 Å². The van der Waals surface area contributed by atoms with Crippen LogP contribution in [0.4, 0.5) is 5.69 Å². The van der Waals surface area contributed by atoms with E-state index in [0.29, 0.717) is 0 Å². The minimum atomic E-state index is -2.82. The summed E-state index contributed by atoms with van der Waals surface area (Å²) >= 11 is 0. The van der Waals surface area contributed by atoms with E-state index in [0.717, 1.165) is 27.0 Å². The third-order valence-electron chi connectivity index (χ3n) is 5.40. The van der Waals surface area contributed by atoms with Gasteiger partial charge in [-0.25, -0.2) is 8.60 Å². The maximum atomic E-state index is 14.2. The molecule has 0 amide bonds. The van der Waals surface area contributed by atoms with Gasteiger partial charge in [-0.3, -0.25) is 0 Å². The molecular formula is C21H29N3OSSi. The van der Waals surface area contributed by atoms with Crippen molar-refractivity contribution in [3.8, 4) is 0 Å². The van der Waals surface area contributed by atoms with Gasteiger partial charge in [-0.05, 0) is 30.2 Å². The Morgan fingerprint density at radius 2 is 1.67 bits per heavy atom. The van der Waals surface area contributed by atoms with Crippen molar-refractivity contribution in [1.82, 2.24) is 9.37 Å². The van der Waals surface area contributed by atoms with E-state index < -0.39 is 18.2 Å². The second kappa shape index (κ2) is 6.93. The van der Waals surface area contributed by atoms with Crippen LogP contribution in [-0.2, 0) is 9.92 Å². The molecule has 0 aliphatic heterocycles. The van der Waals surface area contributed by atoms with Crippen LogP contribution in [0.15, 0.2) is 64.0 Å². The van der Waals surface area contributed by atoms with Crippen molar-refractivity contribution in [2.75, 3.05) is 0 Å². The SMILES string of the molecule is Cc1ccc(S(=O)(=Nc2c[nH]c3ccccc23)N[Si](C)(C)C(C)(C)C)cc1. The molecule has 1 unspecified atom stereocenters. The lowest BCUT2D eigenvalue weighted by atomic mass is 10.2. The normalized spacial score (nSPS) is 14.9. The highest BCUT2D eigenvalue weighted by Crippen LogP contribution is 2.36. The highest BCUT2D eigenvalue weighted by Gasteiger charge is 2.38. The molecule has 0 bridgehead atoms. The molecular weight excluding hydrogens is 370 g/mol. The van der Waals surface area contributed by atoms with Crippen molar-refractivity contribution in [3.63, 3.8) is 0 Å². The summed E-state index contributed by atoms with van der Waals surface area (Å²) in [5.41, 5.74) is 2.86. The molecule has 0 spiro atoms. The van der Waals surface area contributed by atoms with Crippen LogP contribution >= 0.6 is 0 Å². The van der Waals surface area contributed by atoms with E-state index >= 15 is 0 Å². The van der Waals surface area contributed by atoms with Gasteiger partial charge in [0.2, 0.25) is 0 Å². The van der Waals surface area contributed by atoms with Crippen molar-refractivity contribution >= 4 is 34.7 Å². The van der Waals surface area contributed by atoms with Crippen LogP contribution in [0.1, 0.15) is 26.3 Å². The fourth-order valence-electron chi connectivity index (χ4n) is 2.63. The second-order valence-electron chi connectivity index (χ2n) is 8.63. The van der Waals surface area contributed by atoms with Gasteiger partial charge in [0.15, 0.2) is 0 Å². The van der Waals surface area contributed by atoms with Crippen LogP contribution in [-0.4, -0.2) is 17.4 Å². The lowest BCUT2D eigenvalue weighted by Crippen LogP contribution is -2.54. The zero-order valence-electron chi connectivity index (χ0n) is 17.0. The van der Waals surface area contributed by atoms with E-state index in [1.165, 1.54) is 0 Å². The molecule has 1 atom stereocenters. The van der Waals surface area contributed by atoms with E-state index in [2.05, 4.69) is 43.2 Å². The molecule has 0 fully saturated rings. The summed E-state index contributed by atoms with van der Waals surface area (Å²) in [4.78, 5) is 3.95. The Morgan fingerprint density at radius 3 is 2.30 bits per heavy atom. The summed E-state index contributed by atoms with van der Waals surface area (Å²) in [6, 6.07) is 15.8. The van der Waals surface area contributed by atoms with Crippen molar-refractivity contribution in [2.45, 2.75) is 50.7 Å². The smallest absolute Gasteiger partial charge is 0.140 e. The molecule has 2 N–H and O–H groups in total. The molecule has 1 aromatic heterocycles. The molecule has 0 aliphatic rings. The van der Waals surface area contributed by atoms with Crippen LogP contribution in [0.5, 0.6) is 0 Å². The number of benzene rings is 2. The topological polar surface area (TPSA) is 57.2 Å². The number of hydrogen-bond acceptors (Lipinski definition) is 2. The summed E-state index contributed by atoms with van der Waals surface area (Å²) in [6.45, 7) is 13.1. The second-order valence-corrected chi connectivity index (χ2v) is 15.9. The molecule has 6 heteroatoms. The fourth-order valence-corrected chi connectivity index (χ4v) is 8.31. The molecule has 0 radical (unpaired) electrons. The van der Waals surface area contributed by atoms with Crippen LogP contribution < -0.4 is 4.39 Å². The first-order valence-corrected chi connectivity index (χ1v) is 13.7. The van der Waals surface area contributed by atoms with Crippen molar-refractivity contribution in [3.05, 3.63) is 60.3 Å². The molecule has 2 aromatic carbocycles. The highest BCUT2D eigenvalue weighted by molar-refractivity contribution is 7.93. The Morgan fingerprint density at radius 1 is 1.04 bits per heavy atom. The molecule has 1 heterocycles. The predicted octanol–water partition coefficient (Wildman–Crippen LogP) is 6.14. The Balaban J connectivity index is 2.21. The Kier molecular flexibility index (Phi) is 5.09. The number of nitrogens with zero attached hydrogens (tertiary/aromatic N) is 1. The van der Waals surface area contributed by atoms with E-state index in [9.17, 15) is 4.21 Å². The maximum Gasteiger partial charge on any atom is 0.140 e. The van der Waals surface area contributed by atoms with Gasteiger partial charge in [0.05, 0.1) is 10.6 Å². The first-order chi connectivity index (χ1) is 12.5. The van der Waals surface area contributed by atoms with Crippen LogP contribution in [0.3, 0.4) is 0 Å². The number of para-hydroxylation sites is 1. The molecule has 3 aromatic rings. The third kappa shape index (κ3) is 4.02. The number of aryl methyl sites for hydroxylation is 1. The van der Waals surface area contributed by atoms with Gasteiger partial charge < -0.3 is 4.98 Å². The average Bonchev–Trinajstić information content (AvgIpc) is 2.97. The molecule has 144 valence electrons. The molecule has 27 heavy (non-hydrogen) atoms. The minimum Gasteiger partial charge on any atom is -0.359 e. The zero-order chi connectivity index (χ0) is 19.9. The number of nitrogens with one attached hydrogen (secondary N) is 2. The van der Waals surface area contributed by atoms with Gasteiger partial charge in [-0.1, -0.05) is 69.8 Å². The third-order valence-corrected chi connectivity index (χ3v) is 13.7. The average molecular weight is 400 g/mol. The van der Waals surface area contributed by atoms with Crippen molar-refractivity contribution < 1.29 is 4.21 Å². The molecule has 3 rings (SSSR count). The number of rotatable bonds is 4. The standard InChI is InChI=1S/C21H29N3OSSi/c1-16-11-13-17(14-12-16)26(25,24-27(5,6)21(2,3)4)23-20-15-22-19-10-8-7-9-18(19)20/h7-15,22H,1-6H3,(H,23,24,25). The molecule has 0 saturated carbocycles. The van der Waals surface area contributed by atoms with Gasteiger partial charge in [0.1, 0.15) is 18.2 Å². The number of aromatic nitrogens is 1. The molecule has 0 saturated heterocycles. The van der Waals surface area contributed by atoms with E-state index in [1.54, 1.807) is 0 Å². The number of hydrogen-bond donors (Lipinski definition) is 2. The first-order valence-electron chi connectivity index (χ1n) is 9.21. The van der Waals surface area contributed by atoms with Gasteiger partial charge in [-0.15, -0.1) is 0 Å². The van der Waals surface area contributed by atoms with E-state index in [4.69, 9.17) is 4.36 Å². The van der Waals surface area contributed by atoms with Gasteiger partial charge >= 0.3 is 0 Å². The van der Waals surface area contributed by atoms with E-state index in [1.807, 2.05) is 61.7 Å². The van der Waals surface area contributed by atoms with Gasteiger partial charge in [0, 0.05) is 17.1 Å². The number of fused-ring (bicyclic) bond motifs is 1. The Hall–Kier alpha value is -1.89. The monoisotopic (exact) mass is 399 g/mol. The van der Waals surface area contributed by atoms with E-state index in [-0.39, 0.29) is 5.04 Å². The number of H-pyrrole nitrogens is 1. The first kappa shape index (κ1) is 19.9. The fraction of sp³-hybridized carbons (Fsp3) is 0.333. The van der Waals surface area contributed by atoms with Crippen molar-refractivity contribution in [1.29, 1.82) is 0 Å². The summed E-state index contributed by atoms with van der Waals surface area (Å²) < 4.78 is 22.5. The van der Waals surface area contributed by atoms with Crippen LogP contribution in [0.2, 0.25) is 18.1 Å². The van der Waals surface area contributed by atoms with Crippen molar-refractivity contribution in [2.24, 2.45) is 4.36 Å². The highest BCUT2D eigenvalue weighted by atomic mass is 32.2. The quantitative estimate of drug-likeness (QED) is 0.508. The summed E-state index contributed by atoms with van der Waals surface area (Å²) in [6.07, 6.45) is 1.84. The Labute approximate surface area is 163 Å². The summed E-state index contributed by atoms with van der Waals surface area (Å²) in [7, 11) is -4.89. The summed E-state index contributed by atoms with van der Waals surface area (Å²) in [5.74, 6) is 0. The van der Waals surface area contributed by atoms with Gasteiger partial charge in [0.25, 0.3) is 0 Å².